The molecule has 0 aliphatic carbocycles. The maximum absolute atomic E-state index is 11.6. The highest BCUT2D eigenvalue weighted by molar-refractivity contribution is 5.77. The molecule has 0 bridgehead atoms. The summed E-state index contributed by atoms with van der Waals surface area (Å²) in [7, 11) is 0. The van der Waals surface area contributed by atoms with E-state index in [9.17, 15) is 9.59 Å². The predicted octanol–water partition coefficient (Wildman–Crippen LogP) is 1.75. The van der Waals surface area contributed by atoms with Crippen LogP contribution in [0.4, 0.5) is 0 Å². The van der Waals surface area contributed by atoms with Gasteiger partial charge in [0.05, 0.1) is 5.92 Å². The van der Waals surface area contributed by atoms with Gasteiger partial charge in [-0.25, -0.2) is 0 Å². The van der Waals surface area contributed by atoms with E-state index in [1.807, 2.05) is 0 Å². The van der Waals surface area contributed by atoms with Crippen molar-refractivity contribution in [1.82, 2.24) is 4.90 Å². The second-order valence-electron chi connectivity index (χ2n) is 4.64. The summed E-state index contributed by atoms with van der Waals surface area (Å²) in [6.07, 6.45) is 3.77. The molecular formula is C12H21NO3. The zero-order valence-corrected chi connectivity index (χ0v) is 10.1. The first kappa shape index (κ1) is 13.0. The maximum Gasteiger partial charge on any atom is 0.306 e. The number of rotatable bonds is 6. The quantitative estimate of drug-likeness (QED) is 0.703. The highest BCUT2D eigenvalue weighted by Crippen LogP contribution is 2.24. The molecule has 0 spiro atoms. The van der Waals surface area contributed by atoms with E-state index in [1.165, 1.54) is 0 Å². The van der Waals surface area contributed by atoms with Crippen molar-refractivity contribution in [3.8, 4) is 0 Å². The fraction of sp³-hybridized carbons (Fsp3) is 0.833. The van der Waals surface area contributed by atoms with E-state index in [2.05, 4.69) is 6.92 Å². The van der Waals surface area contributed by atoms with Gasteiger partial charge in [0.1, 0.15) is 0 Å². The van der Waals surface area contributed by atoms with Crippen molar-refractivity contribution < 1.29 is 14.7 Å². The Morgan fingerprint density at radius 3 is 2.50 bits per heavy atom. The van der Waals surface area contributed by atoms with Gasteiger partial charge in [0, 0.05) is 25.4 Å². The highest BCUT2D eigenvalue weighted by atomic mass is 16.4. The van der Waals surface area contributed by atoms with Crippen LogP contribution in [0.3, 0.4) is 0 Å². The van der Waals surface area contributed by atoms with Crippen LogP contribution in [0.1, 0.15) is 39.5 Å². The highest BCUT2D eigenvalue weighted by Gasteiger charge is 2.36. The monoisotopic (exact) mass is 227 g/mol. The van der Waals surface area contributed by atoms with Crippen molar-refractivity contribution in [3.05, 3.63) is 0 Å². The van der Waals surface area contributed by atoms with Crippen LogP contribution in [0.2, 0.25) is 0 Å². The van der Waals surface area contributed by atoms with Gasteiger partial charge < -0.3 is 10.0 Å². The molecule has 0 aromatic rings. The van der Waals surface area contributed by atoms with Gasteiger partial charge in [-0.1, -0.05) is 26.7 Å². The number of likely N-dealkylation sites (tertiary alicyclic amines) is 1. The summed E-state index contributed by atoms with van der Waals surface area (Å²) < 4.78 is 0. The van der Waals surface area contributed by atoms with Gasteiger partial charge in [-0.15, -0.1) is 0 Å². The summed E-state index contributed by atoms with van der Waals surface area (Å²) in [5.74, 6) is -0.766. The Balaban J connectivity index is 2.20. The first-order valence-electron chi connectivity index (χ1n) is 6.06. The van der Waals surface area contributed by atoms with Crippen molar-refractivity contribution in [1.29, 1.82) is 0 Å². The summed E-state index contributed by atoms with van der Waals surface area (Å²) in [5.41, 5.74) is 0. The van der Waals surface area contributed by atoms with Crippen LogP contribution in [-0.4, -0.2) is 35.0 Å². The van der Waals surface area contributed by atoms with E-state index < -0.39 is 5.97 Å². The van der Waals surface area contributed by atoms with Crippen molar-refractivity contribution in [2.24, 2.45) is 11.8 Å². The second kappa shape index (κ2) is 5.87. The average molecular weight is 227 g/mol. The molecule has 16 heavy (non-hydrogen) atoms. The van der Waals surface area contributed by atoms with Gasteiger partial charge >= 0.3 is 5.97 Å². The van der Waals surface area contributed by atoms with E-state index in [4.69, 9.17) is 5.11 Å². The summed E-state index contributed by atoms with van der Waals surface area (Å²) in [6, 6.07) is 0. The lowest BCUT2D eigenvalue weighted by molar-refractivity contribution is -0.150. The largest absolute Gasteiger partial charge is 0.481 e. The number of carbonyl (C=O) groups excluding carboxylic acids is 1. The van der Waals surface area contributed by atoms with Crippen molar-refractivity contribution in [2.45, 2.75) is 39.5 Å². The van der Waals surface area contributed by atoms with Crippen LogP contribution in [0.5, 0.6) is 0 Å². The minimum Gasteiger partial charge on any atom is -0.481 e. The lowest BCUT2D eigenvalue weighted by atomic mass is 9.87. The Bertz CT molecular complexity index is 259. The molecule has 0 aromatic heterocycles. The van der Waals surface area contributed by atoms with Gasteiger partial charge in [-0.3, -0.25) is 9.59 Å². The maximum atomic E-state index is 11.6. The molecule has 1 saturated heterocycles. The summed E-state index contributed by atoms with van der Waals surface area (Å²) in [5, 5.41) is 8.81. The van der Waals surface area contributed by atoms with Crippen molar-refractivity contribution >= 4 is 11.9 Å². The van der Waals surface area contributed by atoms with Crippen LogP contribution >= 0.6 is 0 Å². The number of carboxylic acids is 1. The van der Waals surface area contributed by atoms with E-state index in [0.717, 1.165) is 19.3 Å². The molecule has 1 heterocycles. The second-order valence-corrected chi connectivity index (χ2v) is 4.64. The number of carboxylic acid groups (broad SMARTS) is 1. The number of amides is 1. The van der Waals surface area contributed by atoms with E-state index in [-0.39, 0.29) is 17.7 Å². The molecule has 1 atom stereocenters. The molecule has 1 N–H and O–H groups in total. The van der Waals surface area contributed by atoms with Crippen molar-refractivity contribution in [2.75, 3.05) is 13.1 Å². The number of nitrogens with zero attached hydrogens (tertiary/aromatic N) is 1. The van der Waals surface area contributed by atoms with Crippen LogP contribution in [0.25, 0.3) is 0 Å². The fourth-order valence-electron chi connectivity index (χ4n) is 1.92. The van der Waals surface area contributed by atoms with Crippen LogP contribution in [-0.2, 0) is 9.59 Å². The van der Waals surface area contributed by atoms with Gasteiger partial charge in [0.2, 0.25) is 5.91 Å². The Kier molecular flexibility index (Phi) is 4.77. The van der Waals surface area contributed by atoms with Crippen molar-refractivity contribution in [3.63, 3.8) is 0 Å². The van der Waals surface area contributed by atoms with Crippen LogP contribution in [0, 0.1) is 11.8 Å². The molecule has 0 radical (unpaired) electrons. The van der Waals surface area contributed by atoms with Gasteiger partial charge in [0.25, 0.3) is 0 Å². The summed E-state index contributed by atoms with van der Waals surface area (Å²) >= 11 is 0. The molecule has 1 rings (SSSR count). The molecule has 1 fully saturated rings. The normalized spacial score (nSPS) is 18.0. The number of hydrogen-bond donors (Lipinski definition) is 1. The standard InChI is InChI=1S/C12H21NO3/c1-3-4-5-6-11(14)13-7-10(8-13)9(2)12(15)16/h9-10H,3-8H2,1-2H3,(H,15,16). The third kappa shape index (κ3) is 3.22. The summed E-state index contributed by atoms with van der Waals surface area (Å²) in [4.78, 5) is 24.1. The average Bonchev–Trinajstić information content (AvgIpc) is 2.15. The zero-order chi connectivity index (χ0) is 12.1. The SMILES string of the molecule is CCCCCC(=O)N1CC(C(C)C(=O)O)C1. The minimum absolute atomic E-state index is 0.146. The summed E-state index contributed by atoms with van der Waals surface area (Å²) in [6.45, 7) is 5.07. The number of hydrogen-bond acceptors (Lipinski definition) is 2. The Morgan fingerprint density at radius 2 is 2.00 bits per heavy atom. The predicted molar refractivity (Wildman–Crippen MR) is 61.0 cm³/mol. The molecule has 1 amide bonds. The molecule has 0 aromatic carbocycles. The Hall–Kier alpha value is -1.06. The van der Waals surface area contributed by atoms with E-state index in [0.29, 0.717) is 19.5 Å². The van der Waals surface area contributed by atoms with Gasteiger partial charge in [-0.2, -0.15) is 0 Å². The van der Waals surface area contributed by atoms with Gasteiger partial charge in [0.15, 0.2) is 0 Å². The topological polar surface area (TPSA) is 57.6 Å². The zero-order valence-electron chi connectivity index (χ0n) is 10.1. The number of unbranched alkanes of at least 4 members (excludes halogenated alkanes) is 2. The molecule has 92 valence electrons. The third-order valence-corrected chi connectivity index (χ3v) is 3.35. The Morgan fingerprint density at radius 1 is 1.38 bits per heavy atom. The molecule has 4 nitrogen and oxygen atoms in total. The molecular weight excluding hydrogens is 206 g/mol. The molecule has 1 unspecified atom stereocenters. The number of aliphatic carboxylic acids is 1. The Labute approximate surface area is 96.6 Å². The number of carbonyl (C=O) groups is 2. The molecule has 1 aliphatic rings. The smallest absolute Gasteiger partial charge is 0.306 e. The van der Waals surface area contributed by atoms with Gasteiger partial charge in [-0.05, 0) is 6.42 Å². The molecule has 4 heteroatoms. The molecule has 1 aliphatic heterocycles. The first-order valence-corrected chi connectivity index (χ1v) is 6.06. The van der Waals surface area contributed by atoms with E-state index in [1.54, 1.807) is 11.8 Å². The minimum atomic E-state index is -0.761. The van der Waals surface area contributed by atoms with Crippen LogP contribution < -0.4 is 0 Å². The lowest BCUT2D eigenvalue weighted by Crippen LogP contribution is -2.53. The third-order valence-electron chi connectivity index (χ3n) is 3.35. The fourth-order valence-corrected chi connectivity index (χ4v) is 1.92. The van der Waals surface area contributed by atoms with Crippen LogP contribution in [0.15, 0.2) is 0 Å². The lowest BCUT2D eigenvalue weighted by Gasteiger charge is -2.41. The van der Waals surface area contributed by atoms with E-state index >= 15 is 0 Å². The first-order chi connectivity index (χ1) is 7.56. The molecule has 0 saturated carbocycles.